The van der Waals surface area contributed by atoms with Gasteiger partial charge in [-0.05, 0) is 12.1 Å². The molecule has 0 amide bonds. The van der Waals surface area contributed by atoms with E-state index in [1.807, 2.05) is 0 Å². The minimum atomic E-state index is -4.80. The molecule has 0 spiro atoms. The Kier molecular flexibility index (Phi) is 5.93. The average Bonchev–Trinajstić information content (AvgIpc) is 2.62. The molecule has 0 saturated carbocycles. The topological polar surface area (TPSA) is 137 Å². The zero-order chi connectivity index (χ0) is 21.2. The summed E-state index contributed by atoms with van der Waals surface area (Å²) in [5, 5.41) is 17.6. The first-order valence-electron chi connectivity index (χ1n) is 8.31. The highest BCUT2D eigenvalue weighted by Crippen LogP contribution is 2.36. The first-order valence-corrected chi connectivity index (χ1v) is 9.86. The Morgan fingerprint density at radius 1 is 1.31 bits per heavy atom. The summed E-state index contributed by atoms with van der Waals surface area (Å²) in [6.07, 6.45) is -6.21. The molecule has 2 atom stereocenters. The standard InChI is InChI=1S/C16H17F3N4O5S/c17-16(18,19)9-7-21-15(22-10-3-1-2-4-13(10)29(20,25)26)23-14(9)28-12-5-6-27-8-11(12)24/h1-4,7,11-12,24H,5-6,8H2,(H2,20,25,26)(H,21,22,23)/t11-,12+/m0/s1. The van der Waals surface area contributed by atoms with Crippen LogP contribution < -0.4 is 15.2 Å². The van der Waals surface area contributed by atoms with Gasteiger partial charge in [0.2, 0.25) is 21.9 Å². The van der Waals surface area contributed by atoms with Crippen LogP contribution in [0.5, 0.6) is 5.88 Å². The Bertz CT molecular complexity index is 987. The Morgan fingerprint density at radius 2 is 2.03 bits per heavy atom. The normalized spacial score (nSPS) is 20.3. The number of aliphatic hydroxyl groups excluding tert-OH is 1. The highest BCUT2D eigenvalue weighted by Gasteiger charge is 2.38. The van der Waals surface area contributed by atoms with Gasteiger partial charge in [0, 0.05) is 12.6 Å². The van der Waals surface area contributed by atoms with E-state index in [1.54, 1.807) is 0 Å². The third-order valence-corrected chi connectivity index (χ3v) is 5.00. The quantitative estimate of drug-likeness (QED) is 0.643. The monoisotopic (exact) mass is 434 g/mol. The number of anilines is 2. The van der Waals surface area contributed by atoms with Crippen molar-refractivity contribution in [3.8, 4) is 5.88 Å². The summed E-state index contributed by atoms with van der Waals surface area (Å²) in [5.74, 6) is -1.14. The fourth-order valence-corrected chi connectivity index (χ4v) is 3.33. The van der Waals surface area contributed by atoms with Gasteiger partial charge in [0.15, 0.2) is 0 Å². The number of alkyl halides is 3. The molecule has 9 nitrogen and oxygen atoms in total. The number of sulfonamides is 1. The van der Waals surface area contributed by atoms with Gasteiger partial charge in [-0.2, -0.15) is 18.2 Å². The lowest BCUT2D eigenvalue weighted by Crippen LogP contribution is -2.41. The van der Waals surface area contributed by atoms with Crippen LogP contribution >= 0.6 is 0 Å². The lowest BCUT2D eigenvalue weighted by atomic mass is 10.1. The van der Waals surface area contributed by atoms with E-state index in [9.17, 15) is 26.7 Å². The number of primary sulfonamides is 1. The van der Waals surface area contributed by atoms with E-state index in [0.717, 1.165) is 0 Å². The molecule has 158 valence electrons. The Morgan fingerprint density at radius 3 is 2.69 bits per heavy atom. The number of nitrogens with zero attached hydrogens (tertiary/aromatic N) is 2. The van der Waals surface area contributed by atoms with E-state index in [0.29, 0.717) is 6.20 Å². The van der Waals surface area contributed by atoms with Gasteiger partial charge in [0.25, 0.3) is 0 Å². The fraction of sp³-hybridized carbons (Fsp3) is 0.375. The Balaban J connectivity index is 1.96. The van der Waals surface area contributed by atoms with E-state index >= 15 is 0 Å². The predicted molar refractivity (Wildman–Crippen MR) is 94.0 cm³/mol. The molecule has 0 bridgehead atoms. The average molecular weight is 434 g/mol. The van der Waals surface area contributed by atoms with E-state index in [4.69, 9.17) is 14.6 Å². The molecule has 1 aliphatic rings. The lowest BCUT2D eigenvalue weighted by molar-refractivity contribution is -0.141. The van der Waals surface area contributed by atoms with Crippen molar-refractivity contribution in [3.63, 3.8) is 0 Å². The molecular weight excluding hydrogens is 417 g/mol. The number of aliphatic hydroxyl groups is 1. The molecule has 1 aromatic carbocycles. The molecule has 13 heteroatoms. The SMILES string of the molecule is NS(=O)(=O)c1ccccc1Nc1ncc(C(F)(F)F)c(O[C@@H]2CCOC[C@@H]2O)n1. The number of hydrogen-bond acceptors (Lipinski definition) is 8. The smallest absolute Gasteiger partial charge is 0.423 e. The molecular formula is C16H17F3N4O5S. The van der Waals surface area contributed by atoms with Crippen LogP contribution in [-0.4, -0.2) is 48.9 Å². The highest BCUT2D eigenvalue weighted by atomic mass is 32.2. The maximum absolute atomic E-state index is 13.3. The maximum Gasteiger partial charge on any atom is 0.423 e. The van der Waals surface area contributed by atoms with Crippen molar-refractivity contribution in [2.24, 2.45) is 5.14 Å². The van der Waals surface area contributed by atoms with E-state index in [2.05, 4.69) is 15.3 Å². The Hall–Kier alpha value is -2.48. The number of benzene rings is 1. The number of aromatic nitrogens is 2. The van der Waals surface area contributed by atoms with Gasteiger partial charge >= 0.3 is 6.18 Å². The Labute approximate surface area is 163 Å². The molecule has 2 heterocycles. The molecule has 1 aliphatic heterocycles. The fourth-order valence-electron chi connectivity index (χ4n) is 2.63. The summed E-state index contributed by atoms with van der Waals surface area (Å²) in [5.41, 5.74) is -1.26. The molecule has 0 aliphatic carbocycles. The van der Waals surface area contributed by atoms with Crippen LogP contribution in [0.15, 0.2) is 35.4 Å². The van der Waals surface area contributed by atoms with Gasteiger partial charge in [0.05, 0.1) is 18.9 Å². The van der Waals surface area contributed by atoms with Crippen molar-refractivity contribution >= 4 is 21.7 Å². The van der Waals surface area contributed by atoms with Gasteiger partial charge in [-0.15, -0.1) is 0 Å². The van der Waals surface area contributed by atoms with Gasteiger partial charge in [0.1, 0.15) is 22.7 Å². The van der Waals surface area contributed by atoms with Crippen LogP contribution in [0.3, 0.4) is 0 Å². The third kappa shape index (κ3) is 5.12. The van der Waals surface area contributed by atoms with Crippen LogP contribution in [-0.2, 0) is 20.9 Å². The summed E-state index contributed by atoms with van der Waals surface area (Å²) in [6, 6.07) is 5.50. The summed E-state index contributed by atoms with van der Waals surface area (Å²) in [7, 11) is -4.10. The number of hydrogen-bond donors (Lipinski definition) is 3. The van der Waals surface area contributed by atoms with Crippen LogP contribution in [0.4, 0.5) is 24.8 Å². The minimum absolute atomic E-state index is 0.0215. The number of para-hydroxylation sites is 1. The number of nitrogens with two attached hydrogens (primary N) is 1. The summed E-state index contributed by atoms with van der Waals surface area (Å²) < 4.78 is 73.6. The number of halogens is 3. The molecule has 1 aromatic heterocycles. The zero-order valence-corrected chi connectivity index (χ0v) is 15.6. The minimum Gasteiger partial charge on any atom is -0.471 e. The van der Waals surface area contributed by atoms with Gasteiger partial charge in [-0.1, -0.05) is 12.1 Å². The van der Waals surface area contributed by atoms with Crippen LogP contribution in [0.1, 0.15) is 12.0 Å². The van der Waals surface area contributed by atoms with Crippen molar-refractivity contribution in [3.05, 3.63) is 36.0 Å². The van der Waals surface area contributed by atoms with Crippen LogP contribution in [0.2, 0.25) is 0 Å². The second-order valence-electron chi connectivity index (χ2n) is 6.16. The van der Waals surface area contributed by atoms with Gasteiger partial charge in [-0.25, -0.2) is 18.5 Å². The van der Waals surface area contributed by atoms with Crippen molar-refractivity contribution in [1.29, 1.82) is 0 Å². The van der Waals surface area contributed by atoms with Crippen molar-refractivity contribution in [2.75, 3.05) is 18.5 Å². The highest BCUT2D eigenvalue weighted by molar-refractivity contribution is 7.89. The molecule has 1 fully saturated rings. The molecule has 29 heavy (non-hydrogen) atoms. The van der Waals surface area contributed by atoms with Crippen LogP contribution in [0, 0.1) is 0 Å². The van der Waals surface area contributed by atoms with Crippen molar-refractivity contribution in [1.82, 2.24) is 9.97 Å². The molecule has 0 unspecified atom stereocenters. The summed E-state index contributed by atoms with van der Waals surface area (Å²) in [6.45, 7) is 0.130. The molecule has 3 rings (SSSR count). The second-order valence-corrected chi connectivity index (χ2v) is 7.69. The van der Waals surface area contributed by atoms with Crippen LogP contribution in [0.25, 0.3) is 0 Å². The molecule has 0 radical (unpaired) electrons. The molecule has 4 N–H and O–H groups in total. The maximum atomic E-state index is 13.3. The van der Waals surface area contributed by atoms with E-state index in [-0.39, 0.29) is 36.2 Å². The first kappa shape index (κ1) is 21.2. The first-order chi connectivity index (χ1) is 13.6. The zero-order valence-electron chi connectivity index (χ0n) is 14.8. The second kappa shape index (κ2) is 8.10. The van der Waals surface area contributed by atoms with Crippen molar-refractivity contribution < 1.29 is 36.2 Å². The summed E-state index contributed by atoms with van der Waals surface area (Å²) >= 11 is 0. The summed E-state index contributed by atoms with van der Waals surface area (Å²) in [4.78, 5) is 7.04. The number of nitrogens with one attached hydrogen (secondary N) is 1. The molecule has 1 saturated heterocycles. The van der Waals surface area contributed by atoms with Crippen molar-refractivity contribution in [2.45, 2.75) is 29.7 Å². The largest absolute Gasteiger partial charge is 0.471 e. The third-order valence-electron chi connectivity index (χ3n) is 4.03. The van der Waals surface area contributed by atoms with Gasteiger partial charge in [-0.3, -0.25) is 0 Å². The predicted octanol–water partition coefficient (Wildman–Crippen LogP) is 1.41. The van der Waals surface area contributed by atoms with E-state index < -0.39 is 39.9 Å². The molecule has 2 aromatic rings. The number of rotatable bonds is 5. The number of ether oxygens (including phenoxy) is 2. The van der Waals surface area contributed by atoms with E-state index in [1.165, 1.54) is 24.3 Å². The van der Waals surface area contributed by atoms with Gasteiger partial charge < -0.3 is 19.9 Å². The lowest BCUT2D eigenvalue weighted by Gasteiger charge is -2.28.